The summed E-state index contributed by atoms with van der Waals surface area (Å²) in [5.41, 5.74) is 0.504. The van der Waals surface area contributed by atoms with Crippen molar-refractivity contribution in [1.82, 2.24) is 14.6 Å². The van der Waals surface area contributed by atoms with Crippen LogP contribution in [0, 0.1) is 10.8 Å². The van der Waals surface area contributed by atoms with Gasteiger partial charge >= 0.3 is 5.97 Å². The third kappa shape index (κ3) is 2.11. The first-order chi connectivity index (χ1) is 11.6. The van der Waals surface area contributed by atoms with Crippen molar-refractivity contribution in [2.75, 3.05) is 12.4 Å². The van der Waals surface area contributed by atoms with E-state index in [1.807, 2.05) is 0 Å². The number of methoxy groups -OCH3 is 1. The molecule has 0 spiro atoms. The monoisotopic (exact) mass is 328 g/mol. The SMILES string of the molecule is COC(=O)C12CCC(C(=O)Nc3cnn4cccnc34)(CC1)CC2. The minimum Gasteiger partial charge on any atom is -0.469 e. The van der Waals surface area contributed by atoms with Gasteiger partial charge in [0.25, 0.3) is 0 Å². The van der Waals surface area contributed by atoms with Gasteiger partial charge in [0.2, 0.25) is 5.91 Å². The largest absolute Gasteiger partial charge is 0.469 e. The van der Waals surface area contributed by atoms with Gasteiger partial charge < -0.3 is 10.1 Å². The van der Waals surface area contributed by atoms with Crippen molar-refractivity contribution in [3.05, 3.63) is 24.7 Å². The summed E-state index contributed by atoms with van der Waals surface area (Å²) < 4.78 is 6.61. The predicted molar refractivity (Wildman–Crippen MR) is 86.2 cm³/mol. The molecule has 7 heteroatoms. The van der Waals surface area contributed by atoms with Crippen LogP contribution < -0.4 is 5.32 Å². The lowest BCUT2D eigenvalue weighted by atomic mass is 9.53. The van der Waals surface area contributed by atoms with Crippen LogP contribution in [0.2, 0.25) is 0 Å². The molecule has 3 fully saturated rings. The first-order valence-electron chi connectivity index (χ1n) is 8.27. The van der Waals surface area contributed by atoms with Crippen LogP contribution in [0.5, 0.6) is 0 Å². The van der Waals surface area contributed by atoms with E-state index in [0.717, 1.165) is 38.5 Å². The number of hydrogen-bond acceptors (Lipinski definition) is 5. The third-order valence-electron chi connectivity index (χ3n) is 5.87. The van der Waals surface area contributed by atoms with Crippen molar-refractivity contribution in [2.24, 2.45) is 10.8 Å². The van der Waals surface area contributed by atoms with Crippen LogP contribution in [-0.2, 0) is 14.3 Å². The van der Waals surface area contributed by atoms with E-state index in [0.29, 0.717) is 11.3 Å². The Morgan fingerprint density at radius 3 is 2.50 bits per heavy atom. The summed E-state index contributed by atoms with van der Waals surface area (Å²) in [6.45, 7) is 0. The standard InChI is InChI=1S/C17H20N4O3/c1-24-15(23)17-6-3-16(4-7-17,5-8-17)14(22)20-12-11-19-21-10-2-9-18-13(12)21/h2,9-11H,3-8H2,1H3,(H,20,22). The van der Waals surface area contributed by atoms with Crippen molar-refractivity contribution >= 4 is 23.2 Å². The van der Waals surface area contributed by atoms with Crippen LogP contribution in [0.3, 0.4) is 0 Å². The number of nitrogens with zero attached hydrogens (tertiary/aromatic N) is 3. The number of nitrogens with one attached hydrogen (secondary N) is 1. The molecule has 2 bridgehead atoms. The molecule has 5 rings (SSSR count). The maximum Gasteiger partial charge on any atom is 0.311 e. The van der Waals surface area contributed by atoms with Gasteiger partial charge in [0.15, 0.2) is 5.65 Å². The number of carbonyl (C=O) groups is 2. The van der Waals surface area contributed by atoms with Gasteiger partial charge in [0.1, 0.15) is 5.69 Å². The number of amides is 1. The molecule has 3 saturated carbocycles. The van der Waals surface area contributed by atoms with Crippen molar-refractivity contribution < 1.29 is 14.3 Å². The van der Waals surface area contributed by atoms with Gasteiger partial charge in [0.05, 0.1) is 18.7 Å². The van der Waals surface area contributed by atoms with E-state index in [1.165, 1.54) is 7.11 Å². The fourth-order valence-electron chi connectivity index (χ4n) is 4.22. The summed E-state index contributed by atoms with van der Waals surface area (Å²) in [5, 5.41) is 7.20. The summed E-state index contributed by atoms with van der Waals surface area (Å²) in [4.78, 5) is 29.3. The second-order valence-electron chi connectivity index (χ2n) is 6.95. The second kappa shape index (κ2) is 5.29. The molecule has 0 saturated heterocycles. The van der Waals surface area contributed by atoms with Crippen LogP contribution >= 0.6 is 0 Å². The maximum atomic E-state index is 12.9. The zero-order valence-corrected chi connectivity index (χ0v) is 13.6. The molecule has 24 heavy (non-hydrogen) atoms. The van der Waals surface area contributed by atoms with E-state index in [2.05, 4.69) is 15.4 Å². The highest BCUT2D eigenvalue weighted by atomic mass is 16.5. The Labute approximate surface area is 139 Å². The highest BCUT2D eigenvalue weighted by molar-refractivity contribution is 5.98. The zero-order valence-electron chi connectivity index (χ0n) is 13.6. The smallest absolute Gasteiger partial charge is 0.311 e. The number of anilines is 1. The topological polar surface area (TPSA) is 85.6 Å². The Hall–Kier alpha value is -2.44. The van der Waals surface area contributed by atoms with Crippen LogP contribution in [0.1, 0.15) is 38.5 Å². The number of hydrogen-bond donors (Lipinski definition) is 1. The number of aromatic nitrogens is 3. The van der Waals surface area contributed by atoms with Crippen molar-refractivity contribution in [3.63, 3.8) is 0 Å². The van der Waals surface area contributed by atoms with E-state index < -0.39 is 5.41 Å². The Kier molecular flexibility index (Phi) is 3.33. The fraction of sp³-hybridized carbons (Fsp3) is 0.529. The minimum atomic E-state index is -0.390. The Morgan fingerprint density at radius 1 is 1.17 bits per heavy atom. The molecule has 0 unspecified atom stereocenters. The molecule has 2 aromatic heterocycles. The molecule has 0 radical (unpaired) electrons. The van der Waals surface area contributed by atoms with E-state index in [4.69, 9.17) is 4.74 Å². The van der Waals surface area contributed by atoms with Crippen LogP contribution in [0.25, 0.3) is 5.65 Å². The minimum absolute atomic E-state index is 0.0150. The van der Waals surface area contributed by atoms with Gasteiger partial charge in [-0.15, -0.1) is 0 Å². The molecule has 7 nitrogen and oxygen atoms in total. The number of esters is 1. The molecule has 2 aromatic rings. The van der Waals surface area contributed by atoms with Crippen LogP contribution in [-0.4, -0.2) is 33.6 Å². The zero-order chi connectivity index (χ0) is 16.8. The van der Waals surface area contributed by atoms with Crippen LogP contribution in [0.4, 0.5) is 5.69 Å². The molecule has 3 aliphatic rings. The molecule has 2 heterocycles. The molecule has 0 aliphatic heterocycles. The Bertz CT molecular complexity index is 788. The highest BCUT2D eigenvalue weighted by Crippen LogP contribution is 2.57. The van der Waals surface area contributed by atoms with Gasteiger partial charge in [-0.05, 0) is 44.6 Å². The van der Waals surface area contributed by atoms with Crippen molar-refractivity contribution in [2.45, 2.75) is 38.5 Å². The third-order valence-corrected chi connectivity index (χ3v) is 5.87. The summed E-state index contributed by atoms with van der Waals surface area (Å²) in [7, 11) is 1.44. The van der Waals surface area contributed by atoms with Gasteiger partial charge in [-0.25, -0.2) is 9.50 Å². The van der Waals surface area contributed by atoms with E-state index >= 15 is 0 Å². The Balaban J connectivity index is 1.53. The van der Waals surface area contributed by atoms with Gasteiger partial charge in [-0.2, -0.15) is 5.10 Å². The van der Waals surface area contributed by atoms with Gasteiger partial charge in [-0.1, -0.05) is 0 Å². The summed E-state index contributed by atoms with van der Waals surface area (Å²) in [5.74, 6) is -0.107. The average molecular weight is 328 g/mol. The first-order valence-corrected chi connectivity index (χ1v) is 8.27. The second-order valence-corrected chi connectivity index (χ2v) is 6.95. The summed E-state index contributed by atoms with van der Waals surface area (Å²) in [6, 6.07) is 1.79. The summed E-state index contributed by atoms with van der Waals surface area (Å²) >= 11 is 0. The molecule has 3 aliphatic carbocycles. The predicted octanol–water partition coefficient (Wildman–Crippen LogP) is 2.18. The lowest BCUT2D eigenvalue weighted by Crippen LogP contribution is -2.51. The Morgan fingerprint density at radius 2 is 1.83 bits per heavy atom. The number of fused-ring (bicyclic) bond motifs is 4. The maximum absolute atomic E-state index is 12.9. The van der Waals surface area contributed by atoms with E-state index in [1.54, 1.807) is 29.2 Å². The summed E-state index contributed by atoms with van der Waals surface area (Å²) in [6.07, 6.45) is 9.43. The number of rotatable bonds is 3. The van der Waals surface area contributed by atoms with E-state index in [9.17, 15) is 9.59 Å². The number of ether oxygens (including phenoxy) is 1. The molecule has 1 amide bonds. The quantitative estimate of drug-likeness (QED) is 0.873. The van der Waals surface area contributed by atoms with Gasteiger partial charge in [-0.3, -0.25) is 9.59 Å². The first kappa shape index (κ1) is 15.1. The lowest BCUT2D eigenvalue weighted by Gasteiger charge is -2.50. The fourth-order valence-corrected chi connectivity index (χ4v) is 4.22. The highest BCUT2D eigenvalue weighted by Gasteiger charge is 2.56. The molecular formula is C17H20N4O3. The lowest BCUT2D eigenvalue weighted by molar-refractivity contribution is -0.165. The molecule has 126 valence electrons. The molecular weight excluding hydrogens is 308 g/mol. The van der Waals surface area contributed by atoms with Crippen molar-refractivity contribution in [1.29, 1.82) is 0 Å². The molecule has 0 atom stereocenters. The van der Waals surface area contributed by atoms with Crippen molar-refractivity contribution in [3.8, 4) is 0 Å². The average Bonchev–Trinajstić information content (AvgIpc) is 3.05. The molecule has 1 N–H and O–H groups in total. The van der Waals surface area contributed by atoms with E-state index in [-0.39, 0.29) is 17.3 Å². The van der Waals surface area contributed by atoms with Gasteiger partial charge in [0, 0.05) is 17.8 Å². The number of carbonyl (C=O) groups excluding carboxylic acids is 2. The normalized spacial score (nSPS) is 28.7. The van der Waals surface area contributed by atoms with Crippen LogP contribution in [0.15, 0.2) is 24.7 Å². The molecule has 0 aromatic carbocycles.